The van der Waals surface area contributed by atoms with E-state index in [2.05, 4.69) is 36.2 Å². The molecule has 1 aliphatic carbocycles. The van der Waals surface area contributed by atoms with Crippen molar-refractivity contribution in [3.63, 3.8) is 0 Å². The third-order valence-corrected chi connectivity index (χ3v) is 4.67. The summed E-state index contributed by atoms with van der Waals surface area (Å²) in [7, 11) is 0. The van der Waals surface area contributed by atoms with E-state index in [1.165, 1.54) is 22.3 Å². The van der Waals surface area contributed by atoms with Crippen molar-refractivity contribution in [1.29, 1.82) is 0 Å². The van der Waals surface area contributed by atoms with Gasteiger partial charge in [0.05, 0.1) is 13.2 Å². The maximum absolute atomic E-state index is 12.0. The molecule has 2 aromatic carbocycles. The van der Waals surface area contributed by atoms with Crippen molar-refractivity contribution in [2.45, 2.75) is 12.8 Å². The summed E-state index contributed by atoms with van der Waals surface area (Å²) in [5.41, 5.74) is 5.08. The van der Waals surface area contributed by atoms with Crippen LogP contribution < -0.4 is 5.32 Å². The quantitative estimate of drug-likeness (QED) is 0.398. The monoisotopic (exact) mass is 395 g/mol. The molecule has 3 rings (SSSR count). The summed E-state index contributed by atoms with van der Waals surface area (Å²) in [6, 6.07) is 16.4. The van der Waals surface area contributed by atoms with Crippen molar-refractivity contribution in [3.8, 4) is 11.1 Å². The molecular formula is C23H25NO5. The molecule has 0 bridgehead atoms. The second-order valence-electron chi connectivity index (χ2n) is 6.78. The highest BCUT2D eigenvalue weighted by Crippen LogP contribution is 2.44. The van der Waals surface area contributed by atoms with Crippen LogP contribution in [-0.4, -0.2) is 45.0 Å². The van der Waals surface area contributed by atoms with Gasteiger partial charge in [0.25, 0.3) is 0 Å². The van der Waals surface area contributed by atoms with Crippen LogP contribution in [-0.2, 0) is 19.0 Å². The molecule has 1 amide bonds. The lowest BCUT2D eigenvalue weighted by Crippen LogP contribution is -2.29. The maximum Gasteiger partial charge on any atom is 0.407 e. The van der Waals surface area contributed by atoms with Crippen LogP contribution >= 0.6 is 0 Å². The van der Waals surface area contributed by atoms with Crippen LogP contribution in [0, 0.1) is 0 Å². The zero-order chi connectivity index (χ0) is 20.6. The Morgan fingerprint density at radius 2 is 1.55 bits per heavy atom. The first-order valence-corrected chi connectivity index (χ1v) is 9.57. The average Bonchev–Trinajstić information content (AvgIpc) is 3.05. The molecule has 0 unspecified atom stereocenters. The molecule has 6 nitrogen and oxygen atoms in total. The lowest BCUT2D eigenvalue weighted by atomic mass is 9.98. The highest BCUT2D eigenvalue weighted by atomic mass is 16.6. The average molecular weight is 395 g/mol. The number of carbonyl (C=O) groups is 2. The predicted octanol–water partition coefficient (Wildman–Crippen LogP) is 3.66. The number of hydrogen-bond donors (Lipinski definition) is 1. The molecule has 2 aromatic rings. The van der Waals surface area contributed by atoms with Gasteiger partial charge in [-0.25, -0.2) is 9.59 Å². The Morgan fingerprint density at radius 1 is 0.931 bits per heavy atom. The standard InChI is InChI=1S/C23H25NO5/c1-16(2)22(25)28-14-13-27-12-11-24-23(26)29-15-21-19-9-5-3-7-17(19)18-8-4-6-10-20(18)21/h3-10,21H,1,11-15H2,2H3,(H,24,26). The fraction of sp³-hybridized carbons (Fsp3) is 0.304. The van der Waals surface area contributed by atoms with Crippen molar-refractivity contribution in [3.05, 3.63) is 71.8 Å². The van der Waals surface area contributed by atoms with Crippen LogP contribution in [0.1, 0.15) is 24.0 Å². The minimum Gasteiger partial charge on any atom is -0.460 e. The van der Waals surface area contributed by atoms with E-state index in [1.807, 2.05) is 24.3 Å². The smallest absolute Gasteiger partial charge is 0.407 e. The Hall–Kier alpha value is -3.12. The molecule has 0 spiro atoms. The highest BCUT2D eigenvalue weighted by Gasteiger charge is 2.28. The molecule has 0 aliphatic heterocycles. The summed E-state index contributed by atoms with van der Waals surface area (Å²) in [5, 5.41) is 2.66. The van der Waals surface area contributed by atoms with E-state index in [9.17, 15) is 9.59 Å². The third-order valence-electron chi connectivity index (χ3n) is 4.67. The van der Waals surface area contributed by atoms with Gasteiger partial charge in [-0.2, -0.15) is 0 Å². The topological polar surface area (TPSA) is 73.9 Å². The zero-order valence-corrected chi connectivity index (χ0v) is 16.5. The Morgan fingerprint density at radius 3 is 2.17 bits per heavy atom. The second kappa shape index (κ2) is 9.89. The summed E-state index contributed by atoms with van der Waals surface area (Å²) < 4.78 is 15.7. The number of ether oxygens (including phenoxy) is 3. The maximum atomic E-state index is 12.0. The summed E-state index contributed by atoms with van der Waals surface area (Å²) >= 11 is 0. The molecule has 0 saturated heterocycles. The Bertz CT molecular complexity index is 847. The number of benzene rings is 2. The van der Waals surface area contributed by atoms with E-state index < -0.39 is 12.1 Å². The lowest BCUT2D eigenvalue weighted by molar-refractivity contribution is -0.140. The van der Waals surface area contributed by atoms with Crippen LogP contribution in [0.4, 0.5) is 4.79 Å². The number of fused-ring (bicyclic) bond motifs is 3. The molecule has 0 atom stereocenters. The van der Waals surface area contributed by atoms with E-state index in [4.69, 9.17) is 14.2 Å². The van der Waals surface area contributed by atoms with Crippen LogP contribution in [0.3, 0.4) is 0 Å². The summed E-state index contributed by atoms with van der Waals surface area (Å²) in [4.78, 5) is 23.2. The molecule has 0 radical (unpaired) electrons. The van der Waals surface area contributed by atoms with Crippen LogP contribution in [0.25, 0.3) is 11.1 Å². The second-order valence-corrected chi connectivity index (χ2v) is 6.78. The van der Waals surface area contributed by atoms with E-state index in [1.54, 1.807) is 6.92 Å². The molecule has 0 aromatic heterocycles. The van der Waals surface area contributed by atoms with Gasteiger partial charge < -0.3 is 19.5 Å². The van der Waals surface area contributed by atoms with Crippen molar-refractivity contribution >= 4 is 12.1 Å². The molecule has 0 saturated carbocycles. The highest BCUT2D eigenvalue weighted by molar-refractivity contribution is 5.86. The lowest BCUT2D eigenvalue weighted by Gasteiger charge is -2.14. The molecule has 152 valence electrons. The molecular weight excluding hydrogens is 370 g/mol. The van der Waals surface area contributed by atoms with Gasteiger partial charge in [-0.1, -0.05) is 55.1 Å². The fourth-order valence-corrected chi connectivity index (χ4v) is 3.29. The molecule has 0 fully saturated rings. The van der Waals surface area contributed by atoms with Crippen molar-refractivity contribution in [1.82, 2.24) is 5.32 Å². The van der Waals surface area contributed by atoms with Gasteiger partial charge >= 0.3 is 12.1 Å². The van der Waals surface area contributed by atoms with Gasteiger partial charge in [-0.15, -0.1) is 0 Å². The molecule has 29 heavy (non-hydrogen) atoms. The minimum absolute atomic E-state index is 0.0346. The van der Waals surface area contributed by atoms with Crippen LogP contribution in [0.15, 0.2) is 60.7 Å². The first-order chi connectivity index (χ1) is 14.1. The Balaban J connectivity index is 1.38. The first kappa shape index (κ1) is 20.6. The summed E-state index contributed by atoms with van der Waals surface area (Å²) in [6.45, 7) is 6.37. The molecule has 0 heterocycles. The Kier molecular flexibility index (Phi) is 7.03. The normalized spacial score (nSPS) is 12.0. The van der Waals surface area contributed by atoms with Crippen LogP contribution in [0.5, 0.6) is 0 Å². The van der Waals surface area contributed by atoms with E-state index in [0.717, 1.165) is 0 Å². The van der Waals surface area contributed by atoms with Gasteiger partial charge in [0, 0.05) is 18.0 Å². The minimum atomic E-state index is -0.482. The number of alkyl carbamates (subject to hydrolysis) is 1. The zero-order valence-electron chi connectivity index (χ0n) is 16.5. The van der Waals surface area contributed by atoms with Gasteiger partial charge in [0.2, 0.25) is 0 Å². The van der Waals surface area contributed by atoms with Crippen LogP contribution in [0.2, 0.25) is 0 Å². The summed E-state index contributed by atoms with van der Waals surface area (Å²) in [6.07, 6.45) is -0.482. The largest absolute Gasteiger partial charge is 0.460 e. The molecule has 1 aliphatic rings. The number of esters is 1. The van der Waals surface area contributed by atoms with E-state index in [0.29, 0.717) is 18.7 Å². The number of hydrogen-bond acceptors (Lipinski definition) is 5. The van der Waals surface area contributed by atoms with E-state index in [-0.39, 0.29) is 25.7 Å². The van der Waals surface area contributed by atoms with Gasteiger partial charge in [0.15, 0.2) is 0 Å². The fourth-order valence-electron chi connectivity index (χ4n) is 3.29. The first-order valence-electron chi connectivity index (χ1n) is 9.57. The summed E-state index contributed by atoms with van der Waals surface area (Å²) in [5.74, 6) is -0.405. The molecule has 6 heteroatoms. The van der Waals surface area contributed by atoms with Gasteiger partial charge in [-0.3, -0.25) is 0 Å². The number of amides is 1. The van der Waals surface area contributed by atoms with Gasteiger partial charge in [0.1, 0.15) is 13.2 Å². The number of carbonyl (C=O) groups excluding carboxylic acids is 2. The number of rotatable bonds is 9. The van der Waals surface area contributed by atoms with E-state index >= 15 is 0 Å². The predicted molar refractivity (Wildman–Crippen MR) is 110 cm³/mol. The van der Waals surface area contributed by atoms with Crippen molar-refractivity contribution < 1.29 is 23.8 Å². The van der Waals surface area contributed by atoms with Crippen molar-refractivity contribution in [2.24, 2.45) is 0 Å². The third kappa shape index (κ3) is 5.23. The number of nitrogens with one attached hydrogen (secondary N) is 1. The SMILES string of the molecule is C=C(C)C(=O)OCCOCCNC(=O)OCC1c2ccccc2-c2ccccc21. The molecule has 1 N–H and O–H groups in total. The van der Waals surface area contributed by atoms with Crippen molar-refractivity contribution in [2.75, 3.05) is 33.0 Å². The van der Waals surface area contributed by atoms with Gasteiger partial charge in [-0.05, 0) is 29.2 Å². The Labute approximate surface area is 170 Å².